The molecular formula is C12H12N2O3. The number of carboxylic acids is 1. The molecular weight excluding hydrogens is 220 g/mol. The van der Waals surface area contributed by atoms with E-state index in [0.29, 0.717) is 6.54 Å². The van der Waals surface area contributed by atoms with Gasteiger partial charge in [-0.15, -0.1) is 0 Å². The molecule has 0 amide bonds. The molecule has 1 N–H and O–H groups in total. The van der Waals surface area contributed by atoms with E-state index >= 15 is 0 Å². The van der Waals surface area contributed by atoms with Gasteiger partial charge in [-0.3, -0.25) is 0 Å². The first-order valence-electron chi connectivity index (χ1n) is 5.08. The number of rotatable bonds is 4. The highest BCUT2D eigenvalue weighted by Crippen LogP contribution is 2.14. The summed E-state index contributed by atoms with van der Waals surface area (Å²) >= 11 is 0. The van der Waals surface area contributed by atoms with Crippen molar-refractivity contribution in [2.45, 2.75) is 6.54 Å². The van der Waals surface area contributed by atoms with E-state index < -0.39 is 5.97 Å². The topological polar surface area (TPSA) is 64.4 Å². The van der Waals surface area contributed by atoms with Crippen LogP contribution in [0, 0.1) is 0 Å². The molecule has 1 heterocycles. The van der Waals surface area contributed by atoms with Crippen LogP contribution in [-0.2, 0) is 6.54 Å². The smallest absolute Gasteiger partial charge is 0.372 e. The molecule has 0 aliphatic rings. The van der Waals surface area contributed by atoms with Gasteiger partial charge in [0, 0.05) is 18.9 Å². The number of methoxy groups -OCH3 is 1. The summed E-state index contributed by atoms with van der Waals surface area (Å²) in [6.07, 6.45) is 3.12. The predicted molar refractivity (Wildman–Crippen MR) is 61.3 cm³/mol. The highest BCUT2D eigenvalue weighted by Gasteiger charge is 2.10. The van der Waals surface area contributed by atoms with Crippen molar-refractivity contribution < 1.29 is 14.6 Å². The molecule has 0 bridgehead atoms. The Morgan fingerprint density at radius 3 is 3.06 bits per heavy atom. The maximum absolute atomic E-state index is 10.9. The molecule has 0 aliphatic heterocycles. The predicted octanol–water partition coefficient (Wildman–Crippen LogP) is 1.64. The van der Waals surface area contributed by atoms with Crippen molar-refractivity contribution in [2.75, 3.05) is 7.11 Å². The minimum atomic E-state index is -1.03. The average Bonchev–Trinajstić information content (AvgIpc) is 2.77. The standard InChI is InChI=1S/C12H12N2O3/c1-17-10-4-2-3-9(7-10)8-14-6-5-13-11(14)12(15)16/h2-7H,8H2,1H3,(H,15,16). The maximum Gasteiger partial charge on any atom is 0.372 e. The SMILES string of the molecule is COc1cccc(Cn2ccnc2C(=O)O)c1. The summed E-state index contributed by atoms with van der Waals surface area (Å²) in [4.78, 5) is 14.7. The lowest BCUT2D eigenvalue weighted by atomic mass is 10.2. The molecule has 0 atom stereocenters. The van der Waals surface area contributed by atoms with Gasteiger partial charge >= 0.3 is 5.97 Å². The van der Waals surface area contributed by atoms with Crippen LogP contribution in [0.3, 0.4) is 0 Å². The van der Waals surface area contributed by atoms with E-state index in [0.717, 1.165) is 11.3 Å². The molecule has 17 heavy (non-hydrogen) atoms. The third-order valence-electron chi connectivity index (χ3n) is 2.39. The minimum Gasteiger partial charge on any atom is -0.497 e. The summed E-state index contributed by atoms with van der Waals surface area (Å²) in [5.74, 6) is -0.245. The van der Waals surface area contributed by atoms with Gasteiger partial charge in [-0.2, -0.15) is 0 Å². The van der Waals surface area contributed by atoms with Gasteiger partial charge in [-0.25, -0.2) is 9.78 Å². The third-order valence-corrected chi connectivity index (χ3v) is 2.39. The molecule has 1 aromatic carbocycles. The molecule has 1 aromatic heterocycles. The number of benzene rings is 1. The van der Waals surface area contributed by atoms with Crippen LogP contribution in [-0.4, -0.2) is 27.7 Å². The third kappa shape index (κ3) is 2.44. The average molecular weight is 232 g/mol. The van der Waals surface area contributed by atoms with Crippen LogP contribution in [0.5, 0.6) is 5.75 Å². The molecule has 2 rings (SSSR count). The van der Waals surface area contributed by atoms with E-state index in [1.54, 1.807) is 17.9 Å². The van der Waals surface area contributed by atoms with Gasteiger partial charge < -0.3 is 14.4 Å². The Kier molecular flexibility index (Phi) is 3.09. The molecule has 0 spiro atoms. The van der Waals surface area contributed by atoms with E-state index in [1.165, 1.54) is 6.20 Å². The van der Waals surface area contributed by atoms with Crippen molar-refractivity contribution in [1.29, 1.82) is 0 Å². The van der Waals surface area contributed by atoms with Crippen molar-refractivity contribution in [3.63, 3.8) is 0 Å². The van der Waals surface area contributed by atoms with Crippen LogP contribution in [0.2, 0.25) is 0 Å². The summed E-state index contributed by atoms with van der Waals surface area (Å²) in [6.45, 7) is 0.457. The Bertz CT molecular complexity index is 534. The fourth-order valence-corrected chi connectivity index (χ4v) is 1.60. The zero-order valence-electron chi connectivity index (χ0n) is 9.33. The Balaban J connectivity index is 2.25. The van der Waals surface area contributed by atoms with E-state index in [-0.39, 0.29) is 5.82 Å². The largest absolute Gasteiger partial charge is 0.497 e. The van der Waals surface area contributed by atoms with Crippen LogP contribution in [0.15, 0.2) is 36.7 Å². The van der Waals surface area contributed by atoms with Gasteiger partial charge in [-0.1, -0.05) is 12.1 Å². The maximum atomic E-state index is 10.9. The van der Waals surface area contributed by atoms with Crippen LogP contribution >= 0.6 is 0 Å². The molecule has 0 saturated carbocycles. The molecule has 0 aliphatic carbocycles. The van der Waals surface area contributed by atoms with Crippen molar-refractivity contribution >= 4 is 5.97 Å². The number of hydrogen-bond donors (Lipinski definition) is 1. The number of nitrogens with zero attached hydrogens (tertiary/aromatic N) is 2. The van der Waals surface area contributed by atoms with Crippen LogP contribution in [0.25, 0.3) is 0 Å². The first-order valence-corrected chi connectivity index (χ1v) is 5.08. The van der Waals surface area contributed by atoms with Gasteiger partial charge in [0.1, 0.15) is 5.75 Å². The summed E-state index contributed by atoms with van der Waals surface area (Å²) in [5, 5.41) is 8.93. The first-order chi connectivity index (χ1) is 8.20. The fourth-order valence-electron chi connectivity index (χ4n) is 1.60. The van der Waals surface area contributed by atoms with Crippen molar-refractivity contribution in [2.24, 2.45) is 0 Å². The van der Waals surface area contributed by atoms with Crippen LogP contribution < -0.4 is 4.74 Å². The van der Waals surface area contributed by atoms with Gasteiger partial charge in [0.05, 0.1) is 7.11 Å². The molecule has 0 saturated heterocycles. The Labute approximate surface area is 98.3 Å². The monoisotopic (exact) mass is 232 g/mol. The van der Waals surface area contributed by atoms with Gasteiger partial charge in [0.25, 0.3) is 0 Å². The molecule has 0 radical (unpaired) electrons. The Hall–Kier alpha value is -2.30. The summed E-state index contributed by atoms with van der Waals surface area (Å²) in [6, 6.07) is 7.49. The lowest BCUT2D eigenvalue weighted by Gasteiger charge is -2.06. The second-order valence-electron chi connectivity index (χ2n) is 3.54. The van der Waals surface area contributed by atoms with E-state index in [4.69, 9.17) is 9.84 Å². The van der Waals surface area contributed by atoms with Gasteiger partial charge in [0.2, 0.25) is 5.82 Å². The number of aromatic nitrogens is 2. The second-order valence-corrected chi connectivity index (χ2v) is 3.54. The van der Waals surface area contributed by atoms with E-state index in [1.807, 2.05) is 24.3 Å². The Morgan fingerprint density at radius 1 is 1.53 bits per heavy atom. The highest BCUT2D eigenvalue weighted by atomic mass is 16.5. The second kappa shape index (κ2) is 4.69. The van der Waals surface area contributed by atoms with Crippen molar-refractivity contribution in [1.82, 2.24) is 9.55 Å². The summed E-state index contributed by atoms with van der Waals surface area (Å²) in [5.41, 5.74) is 0.963. The molecule has 88 valence electrons. The van der Waals surface area contributed by atoms with E-state index in [9.17, 15) is 4.79 Å². The molecule has 5 heteroatoms. The lowest BCUT2D eigenvalue weighted by molar-refractivity contribution is 0.0679. The van der Waals surface area contributed by atoms with E-state index in [2.05, 4.69) is 4.98 Å². The summed E-state index contributed by atoms with van der Waals surface area (Å²) in [7, 11) is 1.60. The number of ether oxygens (including phenoxy) is 1. The van der Waals surface area contributed by atoms with Crippen LogP contribution in [0.1, 0.15) is 16.2 Å². The minimum absolute atomic E-state index is 0.0350. The number of carbonyl (C=O) groups is 1. The lowest BCUT2D eigenvalue weighted by Crippen LogP contribution is -2.10. The van der Waals surface area contributed by atoms with Crippen molar-refractivity contribution in [3.8, 4) is 5.75 Å². The van der Waals surface area contributed by atoms with Crippen LogP contribution in [0.4, 0.5) is 0 Å². The fraction of sp³-hybridized carbons (Fsp3) is 0.167. The molecule has 2 aromatic rings. The molecule has 5 nitrogen and oxygen atoms in total. The molecule has 0 fully saturated rings. The zero-order valence-corrected chi connectivity index (χ0v) is 9.33. The normalized spacial score (nSPS) is 10.2. The zero-order chi connectivity index (χ0) is 12.3. The highest BCUT2D eigenvalue weighted by molar-refractivity contribution is 5.83. The number of aromatic carboxylic acids is 1. The summed E-state index contributed by atoms with van der Waals surface area (Å²) < 4.78 is 6.69. The quantitative estimate of drug-likeness (QED) is 0.870. The van der Waals surface area contributed by atoms with Gasteiger partial charge in [0.15, 0.2) is 0 Å². The number of carboxylic acid groups (broad SMARTS) is 1. The van der Waals surface area contributed by atoms with Gasteiger partial charge in [-0.05, 0) is 17.7 Å². The first kappa shape index (κ1) is 11.2. The van der Waals surface area contributed by atoms with Crippen molar-refractivity contribution in [3.05, 3.63) is 48.0 Å². The molecule has 0 unspecified atom stereocenters. The number of hydrogen-bond acceptors (Lipinski definition) is 3. The number of imidazole rings is 1. The Morgan fingerprint density at radius 2 is 2.35 bits per heavy atom.